The quantitative estimate of drug-likeness (QED) is 0.753. The monoisotopic (exact) mass is 308 g/mol. The molecule has 1 heterocycles. The van der Waals surface area contributed by atoms with E-state index in [0.717, 1.165) is 0 Å². The molecule has 1 N–H and O–H groups in total. The van der Waals surface area contributed by atoms with Crippen molar-refractivity contribution >= 4 is 17.8 Å². The van der Waals surface area contributed by atoms with E-state index in [-0.39, 0.29) is 11.5 Å². The zero-order valence-corrected chi connectivity index (χ0v) is 12.9. The molecule has 1 aromatic rings. The van der Waals surface area contributed by atoms with Gasteiger partial charge in [-0.25, -0.2) is 9.59 Å². The number of pyridine rings is 1. The molecule has 0 aliphatic heterocycles. The molecular formula is C15H20N2O5. The largest absolute Gasteiger partial charge is 0.467 e. The third kappa shape index (κ3) is 5.16. The minimum absolute atomic E-state index is 0.0922. The summed E-state index contributed by atoms with van der Waals surface area (Å²) in [5.74, 6) is -1.83. The van der Waals surface area contributed by atoms with Gasteiger partial charge >= 0.3 is 11.9 Å². The maximum Gasteiger partial charge on any atom is 0.340 e. The highest BCUT2D eigenvalue weighted by Crippen LogP contribution is 2.09. The lowest BCUT2D eigenvalue weighted by Gasteiger charge is -2.21. The number of rotatable bonds is 7. The number of hydrogen-bond acceptors (Lipinski definition) is 6. The van der Waals surface area contributed by atoms with Crippen LogP contribution in [-0.2, 0) is 19.1 Å². The molecule has 0 aromatic carbocycles. The Morgan fingerprint density at radius 3 is 2.64 bits per heavy atom. The van der Waals surface area contributed by atoms with Gasteiger partial charge in [0.15, 0.2) is 6.61 Å². The van der Waals surface area contributed by atoms with Gasteiger partial charge in [-0.15, -0.1) is 0 Å². The molecule has 1 aromatic heterocycles. The van der Waals surface area contributed by atoms with E-state index in [4.69, 9.17) is 4.74 Å². The molecule has 7 nitrogen and oxygen atoms in total. The summed E-state index contributed by atoms with van der Waals surface area (Å²) in [4.78, 5) is 38.9. The van der Waals surface area contributed by atoms with Gasteiger partial charge in [0.2, 0.25) is 0 Å². The molecule has 0 unspecified atom stereocenters. The summed E-state index contributed by atoms with van der Waals surface area (Å²) in [6, 6.07) is 2.36. The van der Waals surface area contributed by atoms with Crippen LogP contribution in [0.15, 0.2) is 24.5 Å². The summed E-state index contributed by atoms with van der Waals surface area (Å²) < 4.78 is 9.54. The van der Waals surface area contributed by atoms with Crippen LogP contribution in [-0.4, -0.2) is 42.6 Å². The van der Waals surface area contributed by atoms with E-state index < -0.39 is 30.5 Å². The van der Waals surface area contributed by atoms with Gasteiger partial charge in [-0.2, -0.15) is 0 Å². The number of ether oxygens (including phenoxy) is 2. The van der Waals surface area contributed by atoms with E-state index in [1.807, 2.05) is 13.8 Å². The van der Waals surface area contributed by atoms with Crippen molar-refractivity contribution in [2.45, 2.75) is 26.3 Å². The lowest BCUT2D eigenvalue weighted by Crippen LogP contribution is -2.47. The first-order chi connectivity index (χ1) is 10.5. The van der Waals surface area contributed by atoms with Crippen LogP contribution >= 0.6 is 0 Å². The predicted octanol–water partition coefficient (Wildman–Crippen LogP) is 0.942. The van der Waals surface area contributed by atoms with E-state index in [0.29, 0.717) is 6.42 Å². The number of carbonyl (C=O) groups is 3. The first kappa shape index (κ1) is 17.6. The molecule has 0 saturated heterocycles. The zero-order chi connectivity index (χ0) is 16.5. The number of esters is 2. The van der Waals surface area contributed by atoms with Crippen molar-refractivity contribution in [1.29, 1.82) is 0 Å². The van der Waals surface area contributed by atoms with Gasteiger partial charge in [0.1, 0.15) is 6.04 Å². The van der Waals surface area contributed by atoms with E-state index in [1.54, 1.807) is 6.07 Å². The van der Waals surface area contributed by atoms with Crippen molar-refractivity contribution in [3.05, 3.63) is 30.1 Å². The standard InChI is InChI=1S/C15H20N2O5/c1-4-10(2)13(15(20)21-3)17-12(18)9-22-14(19)11-6-5-7-16-8-11/h5-8,10,13H,4,9H2,1-3H3,(H,17,18)/t10-,13+/m1/s1. The minimum atomic E-state index is -0.764. The molecular weight excluding hydrogens is 288 g/mol. The molecule has 0 aliphatic carbocycles. The van der Waals surface area contributed by atoms with Crippen LogP contribution in [0.4, 0.5) is 0 Å². The topological polar surface area (TPSA) is 94.6 Å². The van der Waals surface area contributed by atoms with Crippen LogP contribution < -0.4 is 5.32 Å². The van der Waals surface area contributed by atoms with Crippen LogP contribution in [0.1, 0.15) is 30.6 Å². The van der Waals surface area contributed by atoms with Crippen molar-refractivity contribution in [2.24, 2.45) is 5.92 Å². The number of nitrogens with one attached hydrogen (secondary N) is 1. The Balaban J connectivity index is 2.54. The van der Waals surface area contributed by atoms with Crippen LogP contribution in [0, 0.1) is 5.92 Å². The molecule has 120 valence electrons. The van der Waals surface area contributed by atoms with Gasteiger partial charge in [-0.1, -0.05) is 20.3 Å². The molecule has 0 spiro atoms. The summed E-state index contributed by atoms with van der Waals surface area (Å²) in [6.07, 6.45) is 3.56. The maximum absolute atomic E-state index is 11.8. The Morgan fingerprint density at radius 1 is 1.36 bits per heavy atom. The summed E-state index contributed by atoms with van der Waals surface area (Å²) in [5, 5.41) is 2.52. The first-order valence-corrected chi connectivity index (χ1v) is 6.93. The van der Waals surface area contributed by atoms with Gasteiger partial charge in [-0.05, 0) is 18.1 Å². The van der Waals surface area contributed by atoms with Crippen molar-refractivity contribution in [3.63, 3.8) is 0 Å². The summed E-state index contributed by atoms with van der Waals surface area (Å²) >= 11 is 0. The Hall–Kier alpha value is -2.44. The average molecular weight is 308 g/mol. The molecule has 2 atom stereocenters. The molecule has 0 radical (unpaired) electrons. The van der Waals surface area contributed by atoms with Crippen molar-refractivity contribution in [2.75, 3.05) is 13.7 Å². The van der Waals surface area contributed by atoms with Crippen molar-refractivity contribution in [3.8, 4) is 0 Å². The number of aromatic nitrogens is 1. The second kappa shape index (κ2) is 8.76. The highest BCUT2D eigenvalue weighted by Gasteiger charge is 2.26. The molecule has 0 bridgehead atoms. The fraction of sp³-hybridized carbons (Fsp3) is 0.467. The van der Waals surface area contributed by atoms with Gasteiger partial charge in [0.25, 0.3) is 5.91 Å². The molecule has 22 heavy (non-hydrogen) atoms. The first-order valence-electron chi connectivity index (χ1n) is 6.93. The minimum Gasteiger partial charge on any atom is -0.467 e. The smallest absolute Gasteiger partial charge is 0.340 e. The predicted molar refractivity (Wildman–Crippen MR) is 77.9 cm³/mol. The lowest BCUT2D eigenvalue weighted by atomic mass is 9.99. The van der Waals surface area contributed by atoms with E-state index in [2.05, 4.69) is 15.0 Å². The number of nitrogens with zero attached hydrogens (tertiary/aromatic N) is 1. The van der Waals surface area contributed by atoms with Gasteiger partial charge in [-0.3, -0.25) is 9.78 Å². The molecule has 0 fully saturated rings. The van der Waals surface area contributed by atoms with E-state index in [9.17, 15) is 14.4 Å². The Labute approximate surface area is 129 Å². The van der Waals surface area contributed by atoms with Crippen LogP contribution in [0.25, 0.3) is 0 Å². The van der Waals surface area contributed by atoms with Gasteiger partial charge < -0.3 is 14.8 Å². The number of carbonyl (C=O) groups excluding carboxylic acids is 3. The molecule has 1 rings (SSSR count). The van der Waals surface area contributed by atoms with Gasteiger partial charge in [0, 0.05) is 12.4 Å². The number of hydrogen-bond donors (Lipinski definition) is 1. The van der Waals surface area contributed by atoms with E-state index >= 15 is 0 Å². The normalized spacial score (nSPS) is 12.9. The van der Waals surface area contributed by atoms with Crippen LogP contribution in [0.5, 0.6) is 0 Å². The lowest BCUT2D eigenvalue weighted by molar-refractivity contribution is -0.147. The zero-order valence-electron chi connectivity index (χ0n) is 12.9. The highest BCUT2D eigenvalue weighted by molar-refractivity contribution is 5.91. The highest BCUT2D eigenvalue weighted by atomic mass is 16.5. The fourth-order valence-electron chi connectivity index (χ4n) is 1.71. The summed E-state index contributed by atoms with van der Waals surface area (Å²) in [6.45, 7) is 3.25. The van der Waals surface area contributed by atoms with Crippen LogP contribution in [0.2, 0.25) is 0 Å². The summed E-state index contributed by atoms with van der Waals surface area (Å²) in [5.41, 5.74) is 0.252. The second-order valence-corrected chi connectivity index (χ2v) is 4.77. The number of amides is 1. The second-order valence-electron chi connectivity index (χ2n) is 4.77. The molecule has 0 aliphatic rings. The Kier molecular flexibility index (Phi) is 7.01. The summed E-state index contributed by atoms with van der Waals surface area (Å²) in [7, 11) is 1.26. The van der Waals surface area contributed by atoms with Crippen molar-refractivity contribution in [1.82, 2.24) is 10.3 Å². The maximum atomic E-state index is 11.8. The fourth-order valence-corrected chi connectivity index (χ4v) is 1.71. The third-order valence-electron chi connectivity index (χ3n) is 3.22. The third-order valence-corrected chi connectivity index (χ3v) is 3.22. The van der Waals surface area contributed by atoms with Crippen molar-refractivity contribution < 1.29 is 23.9 Å². The Bertz CT molecular complexity index is 518. The number of methoxy groups -OCH3 is 1. The SMILES string of the molecule is CC[C@@H](C)[C@H](NC(=O)COC(=O)c1cccnc1)C(=O)OC. The molecule has 0 saturated carbocycles. The van der Waals surface area contributed by atoms with E-state index in [1.165, 1.54) is 25.6 Å². The molecule has 7 heteroatoms. The average Bonchev–Trinajstić information content (AvgIpc) is 2.56. The van der Waals surface area contributed by atoms with Crippen LogP contribution in [0.3, 0.4) is 0 Å². The Morgan fingerprint density at radius 2 is 2.09 bits per heavy atom. The van der Waals surface area contributed by atoms with Gasteiger partial charge in [0.05, 0.1) is 12.7 Å². The molecule has 1 amide bonds.